The lowest BCUT2D eigenvalue weighted by Gasteiger charge is -2.04. The van der Waals surface area contributed by atoms with Gasteiger partial charge in [0.15, 0.2) is 0 Å². The quantitative estimate of drug-likeness (QED) is 0.891. The lowest BCUT2D eigenvalue weighted by molar-refractivity contribution is 0.0696. The number of rotatable bonds is 5. The molecule has 0 unspecified atom stereocenters. The number of carboxylic acid groups (broad SMARTS) is 1. The third-order valence-electron chi connectivity index (χ3n) is 3.19. The summed E-state index contributed by atoms with van der Waals surface area (Å²) < 4.78 is 0. The summed E-state index contributed by atoms with van der Waals surface area (Å²) in [6.07, 6.45) is 0.921. The van der Waals surface area contributed by atoms with Gasteiger partial charge in [0.1, 0.15) is 0 Å². The number of benzene rings is 1. The normalized spacial score (nSPS) is 10.4. The van der Waals surface area contributed by atoms with E-state index in [1.807, 2.05) is 13.0 Å². The maximum Gasteiger partial charge on any atom is 0.335 e. The lowest BCUT2D eigenvalue weighted by atomic mass is 10.1. The van der Waals surface area contributed by atoms with Crippen molar-refractivity contribution in [2.24, 2.45) is 0 Å². The SMILES string of the molecule is CCc1sc(C(=O)NCc2cccc(C(=O)O)c2)cc1C. The van der Waals surface area contributed by atoms with Crippen molar-refractivity contribution in [1.82, 2.24) is 5.32 Å². The first-order chi connectivity index (χ1) is 10.0. The molecule has 0 saturated carbocycles. The molecular weight excluding hydrogens is 286 g/mol. The topological polar surface area (TPSA) is 66.4 Å². The monoisotopic (exact) mass is 303 g/mol. The summed E-state index contributed by atoms with van der Waals surface area (Å²) in [7, 11) is 0. The summed E-state index contributed by atoms with van der Waals surface area (Å²) in [5.74, 6) is -1.09. The van der Waals surface area contributed by atoms with Gasteiger partial charge in [0.25, 0.3) is 5.91 Å². The molecule has 0 saturated heterocycles. The van der Waals surface area contributed by atoms with E-state index < -0.39 is 5.97 Å². The van der Waals surface area contributed by atoms with E-state index in [1.165, 1.54) is 22.3 Å². The summed E-state index contributed by atoms with van der Waals surface area (Å²) >= 11 is 1.50. The Morgan fingerprint density at radius 1 is 1.29 bits per heavy atom. The van der Waals surface area contributed by atoms with E-state index in [0.29, 0.717) is 11.4 Å². The molecule has 2 aromatic rings. The molecule has 0 atom stereocenters. The molecule has 1 heterocycles. The molecule has 1 aromatic carbocycles. The molecule has 0 aliphatic carbocycles. The Labute approximate surface area is 127 Å². The number of carbonyl (C=O) groups is 2. The fraction of sp³-hybridized carbons (Fsp3) is 0.250. The number of carboxylic acids is 1. The summed E-state index contributed by atoms with van der Waals surface area (Å²) in [4.78, 5) is 24.9. The smallest absolute Gasteiger partial charge is 0.335 e. The number of carbonyl (C=O) groups excluding carboxylic acids is 1. The molecule has 1 aromatic heterocycles. The second kappa shape index (κ2) is 6.54. The van der Waals surface area contributed by atoms with Crippen molar-refractivity contribution in [2.75, 3.05) is 0 Å². The van der Waals surface area contributed by atoms with E-state index in [4.69, 9.17) is 5.11 Å². The highest BCUT2D eigenvalue weighted by atomic mass is 32.1. The Morgan fingerprint density at radius 3 is 2.67 bits per heavy atom. The van der Waals surface area contributed by atoms with E-state index >= 15 is 0 Å². The van der Waals surface area contributed by atoms with Crippen LogP contribution in [0.2, 0.25) is 0 Å². The summed E-state index contributed by atoms with van der Waals surface area (Å²) in [6, 6.07) is 8.47. The third-order valence-corrected chi connectivity index (χ3v) is 4.57. The standard InChI is InChI=1S/C16H17NO3S/c1-3-13-10(2)7-14(21-13)15(18)17-9-11-5-4-6-12(8-11)16(19)20/h4-8H,3,9H2,1-2H3,(H,17,18)(H,19,20). The third kappa shape index (κ3) is 3.70. The maximum atomic E-state index is 12.1. The van der Waals surface area contributed by atoms with Gasteiger partial charge in [-0.3, -0.25) is 4.79 Å². The van der Waals surface area contributed by atoms with Gasteiger partial charge in [-0.1, -0.05) is 19.1 Å². The van der Waals surface area contributed by atoms with Crippen LogP contribution in [-0.2, 0) is 13.0 Å². The van der Waals surface area contributed by atoms with Crippen LogP contribution >= 0.6 is 11.3 Å². The Morgan fingerprint density at radius 2 is 2.05 bits per heavy atom. The molecule has 2 N–H and O–H groups in total. The van der Waals surface area contributed by atoms with Crippen molar-refractivity contribution in [2.45, 2.75) is 26.8 Å². The largest absolute Gasteiger partial charge is 0.478 e. The molecule has 0 fully saturated rings. The second-order valence-electron chi connectivity index (χ2n) is 4.76. The molecule has 0 spiro atoms. The van der Waals surface area contributed by atoms with Crippen LogP contribution in [0, 0.1) is 6.92 Å². The zero-order valence-electron chi connectivity index (χ0n) is 12.0. The number of amides is 1. The second-order valence-corrected chi connectivity index (χ2v) is 5.90. The maximum absolute atomic E-state index is 12.1. The van der Waals surface area contributed by atoms with Gasteiger partial charge in [-0.2, -0.15) is 0 Å². The summed E-state index contributed by atoms with van der Waals surface area (Å²) in [6.45, 7) is 4.39. The predicted octanol–water partition coefficient (Wildman–Crippen LogP) is 3.25. The molecule has 110 valence electrons. The molecular formula is C16H17NO3S. The van der Waals surface area contributed by atoms with Crippen molar-refractivity contribution in [3.05, 3.63) is 56.8 Å². The van der Waals surface area contributed by atoms with Crippen LogP contribution in [0.1, 0.15) is 43.0 Å². The molecule has 2 rings (SSSR count). The average Bonchev–Trinajstić information content (AvgIpc) is 2.86. The van der Waals surface area contributed by atoms with Gasteiger partial charge in [0, 0.05) is 11.4 Å². The Hall–Kier alpha value is -2.14. The minimum Gasteiger partial charge on any atom is -0.478 e. The van der Waals surface area contributed by atoms with Crippen LogP contribution in [0.4, 0.5) is 0 Å². The lowest BCUT2D eigenvalue weighted by Crippen LogP contribution is -2.21. The fourth-order valence-electron chi connectivity index (χ4n) is 2.07. The molecule has 1 amide bonds. The predicted molar refractivity (Wildman–Crippen MR) is 83.0 cm³/mol. The first kappa shape index (κ1) is 15.3. The molecule has 0 aliphatic heterocycles. The molecule has 0 aliphatic rings. The van der Waals surface area contributed by atoms with Gasteiger partial charge < -0.3 is 10.4 Å². The number of hydrogen-bond acceptors (Lipinski definition) is 3. The first-order valence-electron chi connectivity index (χ1n) is 6.71. The van der Waals surface area contributed by atoms with Crippen LogP contribution in [0.15, 0.2) is 30.3 Å². The average molecular weight is 303 g/mol. The summed E-state index contributed by atoms with van der Waals surface area (Å²) in [5, 5.41) is 11.8. The van der Waals surface area contributed by atoms with Gasteiger partial charge in [-0.15, -0.1) is 11.3 Å². The van der Waals surface area contributed by atoms with E-state index in [1.54, 1.807) is 18.2 Å². The van der Waals surface area contributed by atoms with Crippen molar-refractivity contribution in [3.63, 3.8) is 0 Å². The van der Waals surface area contributed by atoms with Crippen molar-refractivity contribution in [3.8, 4) is 0 Å². The zero-order valence-corrected chi connectivity index (χ0v) is 12.8. The van der Waals surface area contributed by atoms with Crippen LogP contribution in [-0.4, -0.2) is 17.0 Å². The van der Waals surface area contributed by atoms with Crippen molar-refractivity contribution < 1.29 is 14.7 Å². The van der Waals surface area contributed by atoms with E-state index in [2.05, 4.69) is 12.2 Å². The number of nitrogens with one attached hydrogen (secondary N) is 1. The molecule has 5 heteroatoms. The minimum atomic E-state index is -0.968. The Bertz CT molecular complexity index is 676. The van der Waals surface area contributed by atoms with Crippen LogP contribution in [0.5, 0.6) is 0 Å². The number of thiophene rings is 1. The first-order valence-corrected chi connectivity index (χ1v) is 7.52. The molecule has 0 radical (unpaired) electrons. The van der Waals surface area contributed by atoms with Crippen LogP contribution in [0.3, 0.4) is 0 Å². The fourth-order valence-corrected chi connectivity index (χ4v) is 3.10. The number of aromatic carboxylic acids is 1. The highest BCUT2D eigenvalue weighted by molar-refractivity contribution is 7.14. The molecule has 21 heavy (non-hydrogen) atoms. The van der Waals surface area contributed by atoms with Crippen molar-refractivity contribution in [1.29, 1.82) is 0 Å². The Balaban J connectivity index is 2.03. The van der Waals surface area contributed by atoms with Crippen molar-refractivity contribution >= 4 is 23.2 Å². The van der Waals surface area contributed by atoms with E-state index in [0.717, 1.165) is 17.5 Å². The number of aryl methyl sites for hydroxylation is 2. The van der Waals surface area contributed by atoms with Crippen LogP contribution in [0.25, 0.3) is 0 Å². The van der Waals surface area contributed by atoms with Gasteiger partial charge in [-0.05, 0) is 42.7 Å². The molecule has 0 bridgehead atoms. The van der Waals surface area contributed by atoms with Gasteiger partial charge in [0.05, 0.1) is 10.4 Å². The highest BCUT2D eigenvalue weighted by Gasteiger charge is 2.11. The molecule has 4 nitrogen and oxygen atoms in total. The van der Waals surface area contributed by atoms with Gasteiger partial charge in [-0.25, -0.2) is 4.79 Å². The van der Waals surface area contributed by atoms with E-state index in [-0.39, 0.29) is 11.5 Å². The minimum absolute atomic E-state index is 0.122. The highest BCUT2D eigenvalue weighted by Crippen LogP contribution is 2.22. The van der Waals surface area contributed by atoms with E-state index in [9.17, 15) is 9.59 Å². The summed E-state index contributed by atoms with van der Waals surface area (Å²) in [5.41, 5.74) is 2.13. The Kier molecular flexibility index (Phi) is 4.75. The van der Waals surface area contributed by atoms with Gasteiger partial charge in [0.2, 0.25) is 0 Å². The number of hydrogen-bond donors (Lipinski definition) is 2. The van der Waals surface area contributed by atoms with Crippen LogP contribution < -0.4 is 5.32 Å². The zero-order chi connectivity index (χ0) is 15.4. The van der Waals surface area contributed by atoms with Gasteiger partial charge >= 0.3 is 5.97 Å².